The predicted molar refractivity (Wildman–Crippen MR) is 95.4 cm³/mol. The van der Waals surface area contributed by atoms with Gasteiger partial charge in [-0.3, -0.25) is 9.59 Å². The van der Waals surface area contributed by atoms with E-state index in [2.05, 4.69) is 20.9 Å². The first-order chi connectivity index (χ1) is 10.7. The van der Waals surface area contributed by atoms with Gasteiger partial charge in [0.1, 0.15) is 6.04 Å². The van der Waals surface area contributed by atoms with Crippen molar-refractivity contribution < 1.29 is 9.59 Å². The molecule has 1 fully saturated rings. The predicted octanol–water partition coefficient (Wildman–Crippen LogP) is 0.700. The Morgan fingerprint density at radius 1 is 1.39 bits per heavy atom. The van der Waals surface area contributed by atoms with Gasteiger partial charge in [-0.25, -0.2) is 0 Å². The van der Waals surface area contributed by atoms with E-state index in [9.17, 15) is 9.59 Å². The van der Waals surface area contributed by atoms with Crippen LogP contribution in [-0.4, -0.2) is 62.0 Å². The molecule has 1 aromatic heterocycles. The molecular formula is C15H25ClN4O2S. The number of piperazine rings is 1. The number of nitrogens with zero attached hydrogens (tertiary/aromatic N) is 1. The topological polar surface area (TPSA) is 73.5 Å². The average molecular weight is 361 g/mol. The van der Waals surface area contributed by atoms with Crippen LogP contribution >= 0.6 is 23.7 Å². The molecule has 1 atom stereocenters. The third-order valence-corrected chi connectivity index (χ3v) is 4.51. The van der Waals surface area contributed by atoms with E-state index in [1.165, 1.54) is 11.3 Å². The van der Waals surface area contributed by atoms with E-state index in [0.29, 0.717) is 11.4 Å². The lowest BCUT2D eigenvalue weighted by Gasteiger charge is -2.27. The molecule has 0 bridgehead atoms. The Bertz CT molecular complexity index is 478. The molecule has 23 heavy (non-hydrogen) atoms. The van der Waals surface area contributed by atoms with Crippen LogP contribution in [0.1, 0.15) is 23.0 Å². The zero-order valence-corrected chi connectivity index (χ0v) is 15.0. The molecule has 0 radical (unpaired) electrons. The highest BCUT2D eigenvalue weighted by atomic mass is 35.5. The van der Waals surface area contributed by atoms with Gasteiger partial charge in [0.25, 0.3) is 5.91 Å². The fourth-order valence-corrected chi connectivity index (χ4v) is 2.97. The molecule has 1 unspecified atom stereocenters. The molecule has 2 rings (SSSR count). The summed E-state index contributed by atoms with van der Waals surface area (Å²) < 4.78 is 0. The molecule has 8 heteroatoms. The van der Waals surface area contributed by atoms with Gasteiger partial charge in [-0.05, 0) is 31.3 Å². The summed E-state index contributed by atoms with van der Waals surface area (Å²) in [5, 5.41) is 10.8. The SMILES string of the molecule is CC(NC(=O)c1cccs1)C(=O)NCCCN1CCNCC1.Cl. The first-order valence-electron chi connectivity index (χ1n) is 7.72. The minimum atomic E-state index is -0.520. The van der Waals surface area contributed by atoms with Gasteiger partial charge in [-0.1, -0.05) is 6.07 Å². The minimum absolute atomic E-state index is 0. The van der Waals surface area contributed by atoms with Crippen molar-refractivity contribution in [2.75, 3.05) is 39.3 Å². The van der Waals surface area contributed by atoms with E-state index in [1.807, 2.05) is 11.4 Å². The maximum absolute atomic E-state index is 12.0. The third-order valence-electron chi connectivity index (χ3n) is 3.65. The summed E-state index contributed by atoms with van der Waals surface area (Å²) in [5.74, 6) is -0.330. The number of thiophene rings is 1. The van der Waals surface area contributed by atoms with Crippen LogP contribution in [0.2, 0.25) is 0 Å². The Kier molecular flexibility index (Phi) is 9.16. The number of hydrogen-bond donors (Lipinski definition) is 3. The largest absolute Gasteiger partial charge is 0.354 e. The summed E-state index contributed by atoms with van der Waals surface area (Å²) in [5.41, 5.74) is 0. The van der Waals surface area contributed by atoms with Crippen LogP contribution in [-0.2, 0) is 4.79 Å². The monoisotopic (exact) mass is 360 g/mol. The molecule has 6 nitrogen and oxygen atoms in total. The smallest absolute Gasteiger partial charge is 0.261 e. The van der Waals surface area contributed by atoms with E-state index in [0.717, 1.165) is 39.1 Å². The lowest BCUT2D eigenvalue weighted by molar-refractivity contribution is -0.122. The highest BCUT2D eigenvalue weighted by molar-refractivity contribution is 7.12. The zero-order valence-electron chi connectivity index (χ0n) is 13.3. The summed E-state index contributed by atoms with van der Waals surface area (Å²) in [6.07, 6.45) is 0.928. The molecule has 0 spiro atoms. The molecule has 2 heterocycles. The first-order valence-corrected chi connectivity index (χ1v) is 8.60. The van der Waals surface area contributed by atoms with E-state index in [4.69, 9.17) is 0 Å². The summed E-state index contributed by atoms with van der Waals surface area (Å²) in [6.45, 7) is 7.57. The van der Waals surface area contributed by atoms with E-state index in [-0.39, 0.29) is 24.2 Å². The average Bonchev–Trinajstić information content (AvgIpc) is 3.07. The molecule has 0 aromatic carbocycles. The number of carbonyl (C=O) groups excluding carboxylic acids is 2. The summed E-state index contributed by atoms with van der Waals surface area (Å²) in [4.78, 5) is 26.8. The lowest BCUT2D eigenvalue weighted by Crippen LogP contribution is -2.46. The number of amides is 2. The van der Waals surface area contributed by atoms with Crippen LogP contribution in [0.5, 0.6) is 0 Å². The normalized spacial score (nSPS) is 16.2. The van der Waals surface area contributed by atoms with Crippen molar-refractivity contribution in [2.45, 2.75) is 19.4 Å². The van der Waals surface area contributed by atoms with Gasteiger partial charge in [0.15, 0.2) is 0 Å². The van der Waals surface area contributed by atoms with Crippen molar-refractivity contribution >= 4 is 35.6 Å². The lowest BCUT2D eigenvalue weighted by atomic mass is 10.2. The van der Waals surface area contributed by atoms with Gasteiger partial charge in [-0.15, -0.1) is 23.7 Å². The van der Waals surface area contributed by atoms with Crippen LogP contribution in [0.4, 0.5) is 0 Å². The van der Waals surface area contributed by atoms with Crippen LogP contribution in [0.3, 0.4) is 0 Å². The standard InChI is InChI=1S/C15H24N4O2S.ClH/c1-12(18-15(21)13-4-2-11-22-13)14(20)17-5-3-8-19-9-6-16-7-10-19;/h2,4,11-12,16H,3,5-10H2,1H3,(H,17,20)(H,18,21);1H. The summed E-state index contributed by atoms with van der Waals surface area (Å²) >= 11 is 1.37. The Balaban J connectivity index is 0.00000264. The summed E-state index contributed by atoms with van der Waals surface area (Å²) in [6, 6.07) is 3.05. The second-order valence-corrected chi connectivity index (χ2v) is 6.36. The number of rotatable bonds is 7. The number of halogens is 1. The molecule has 3 N–H and O–H groups in total. The molecule has 0 aliphatic carbocycles. The van der Waals surface area contributed by atoms with Gasteiger partial charge in [-0.2, -0.15) is 0 Å². The maximum Gasteiger partial charge on any atom is 0.261 e. The van der Waals surface area contributed by atoms with Crippen molar-refractivity contribution in [3.8, 4) is 0 Å². The molecule has 0 saturated carbocycles. The first kappa shape index (κ1) is 19.9. The molecule has 1 aromatic rings. The Hall–Kier alpha value is -1.15. The third kappa shape index (κ3) is 6.87. The van der Waals surface area contributed by atoms with Crippen LogP contribution in [0.25, 0.3) is 0 Å². The van der Waals surface area contributed by atoms with Crippen LogP contribution in [0, 0.1) is 0 Å². The summed E-state index contributed by atoms with van der Waals surface area (Å²) in [7, 11) is 0. The van der Waals surface area contributed by atoms with E-state index >= 15 is 0 Å². The number of nitrogens with one attached hydrogen (secondary N) is 3. The van der Waals surface area contributed by atoms with Crippen molar-refractivity contribution in [2.24, 2.45) is 0 Å². The molecule has 1 saturated heterocycles. The zero-order chi connectivity index (χ0) is 15.8. The van der Waals surface area contributed by atoms with E-state index < -0.39 is 6.04 Å². The van der Waals surface area contributed by atoms with Crippen molar-refractivity contribution in [1.29, 1.82) is 0 Å². The Morgan fingerprint density at radius 3 is 2.78 bits per heavy atom. The van der Waals surface area contributed by atoms with Crippen molar-refractivity contribution in [3.63, 3.8) is 0 Å². The molecule has 130 valence electrons. The second kappa shape index (κ2) is 10.6. The highest BCUT2D eigenvalue weighted by Gasteiger charge is 2.16. The minimum Gasteiger partial charge on any atom is -0.354 e. The van der Waals surface area contributed by atoms with Gasteiger partial charge >= 0.3 is 0 Å². The quantitative estimate of drug-likeness (QED) is 0.626. The van der Waals surface area contributed by atoms with Crippen molar-refractivity contribution in [3.05, 3.63) is 22.4 Å². The van der Waals surface area contributed by atoms with Gasteiger partial charge in [0.2, 0.25) is 5.91 Å². The maximum atomic E-state index is 12.0. The number of hydrogen-bond acceptors (Lipinski definition) is 5. The van der Waals surface area contributed by atoms with Crippen molar-refractivity contribution in [1.82, 2.24) is 20.9 Å². The van der Waals surface area contributed by atoms with Crippen LogP contribution < -0.4 is 16.0 Å². The second-order valence-electron chi connectivity index (χ2n) is 5.41. The Morgan fingerprint density at radius 2 is 2.13 bits per heavy atom. The van der Waals surface area contributed by atoms with E-state index in [1.54, 1.807) is 13.0 Å². The fourth-order valence-electron chi connectivity index (χ4n) is 2.34. The van der Waals surface area contributed by atoms with Gasteiger partial charge in [0, 0.05) is 32.7 Å². The molecular weight excluding hydrogens is 336 g/mol. The molecule has 1 aliphatic heterocycles. The highest BCUT2D eigenvalue weighted by Crippen LogP contribution is 2.08. The van der Waals surface area contributed by atoms with Gasteiger partial charge in [0.05, 0.1) is 4.88 Å². The number of carbonyl (C=O) groups is 2. The molecule has 1 aliphatic rings. The molecule has 2 amide bonds. The fraction of sp³-hybridized carbons (Fsp3) is 0.600. The van der Waals surface area contributed by atoms with Gasteiger partial charge < -0.3 is 20.9 Å². The Labute approximate surface area is 147 Å². The van der Waals surface area contributed by atoms with Crippen LogP contribution in [0.15, 0.2) is 17.5 Å².